The molecule has 4 rings (SSSR count). The third-order valence-electron chi connectivity index (χ3n) is 8.30. The normalized spacial score (nSPS) is 15.9. The molecule has 1 aliphatic rings. The molecule has 12 heteroatoms. The van der Waals surface area contributed by atoms with Crippen LogP contribution >= 0.6 is 0 Å². The topological polar surface area (TPSA) is 143 Å². The fourth-order valence-electron chi connectivity index (χ4n) is 5.56. The molecular formula is C33H45BN4O6S. The van der Waals surface area contributed by atoms with E-state index in [1.807, 2.05) is 50.4 Å². The van der Waals surface area contributed by atoms with Gasteiger partial charge in [-0.2, -0.15) is 4.72 Å². The number of nitrogens with one attached hydrogen (secondary N) is 1. The quantitative estimate of drug-likeness (QED) is 0.0570. The van der Waals surface area contributed by atoms with E-state index in [1.54, 1.807) is 13.0 Å². The second-order valence-corrected chi connectivity index (χ2v) is 13.2. The van der Waals surface area contributed by atoms with E-state index in [4.69, 9.17) is 14.3 Å². The van der Waals surface area contributed by atoms with Crippen LogP contribution in [0.2, 0.25) is 0 Å². The van der Waals surface area contributed by atoms with Crippen LogP contribution in [0.5, 0.6) is 0 Å². The number of anilines is 1. The lowest BCUT2D eigenvalue weighted by Gasteiger charge is -2.31. The number of amidine groups is 1. The van der Waals surface area contributed by atoms with Crippen LogP contribution in [0.25, 0.3) is 11.1 Å². The average Bonchev–Trinajstić information content (AvgIpc) is 3.34. The summed E-state index contributed by atoms with van der Waals surface area (Å²) in [6.07, 6.45) is 8.51. The molecule has 1 aliphatic carbocycles. The van der Waals surface area contributed by atoms with Crippen molar-refractivity contribution >= 4 is 37.1 Å². The number of benzene rings is 2. The van der Waals surface area contributed by atoms with Gasteiger partial charge >= 0.3 is 0 Å². The number of rotatable bonds is 14. The molecule has 1 heterocycles. The highest BCUT2D eigenvalue weighted by molar-refractivity contribution is 7.92. The Morgan fingerprint density at radius 1 is 1.22 bits per heavy atom. The molecule has 0 spiro atoms. The van der Waals surface area contributed by atoms with Crippen molar-refractivity contribution in [3.8, 4) is 11.1 Å². The van der Waals surface area contributed by atoms with Crippen LogP contribution in [0.3, 0.4) is 0 Å². The van der Waals surface area contributed by atoms with Gasteiger partial charge in [-0.25, -0.2) is 0 Å². The number of unbranched alkanes of at least 4 members (excludes halogenated alkanes) is 1. The first-order valence-electron chi connectivity index (χ1n) is 15.6. The van der Waals surface area contributed by atoms with Crippen LogP contribution in [0, 0.1) is 13.8 Å². The first kappa shape index (κ1) is 34.7. The lowest BCUT2D eigenvalue weighted by molar-refractivity contribution is -0.280. The van der Waals surface area contributed by atoms with Gasteiger partial charge in [-0.3, -0.25) is 4.99 Å². The first-order chi connectivity index (χ1) is 21.4. The van der Waals surface area contributed by atoms with Gasteiger partial charge in [0.1, 0.15) is 34.8 Å². The standard InChI is InChI=1S/C33H45BN4O6S/c1-5-6-14-30(35-32(22-39)17-10-7-11-18-32)38(4)20-25-15-16-27(26(19-25)21-43-33(34,40)41)28-12-8-9-13-29(28)45(42)37-31-23(2)24(3)44-36-31/h8-9,12-13,15-16,19,22,40-41H,5-7,10-11,14,17-18,20-21,34H2,1-4H3,(H,36,37)/b35-30-. The van der Waals surface area contributed by atoms with Crippen LogP contribution < -0.4 is 4.72 Å². The van der Waals surface area contributed by atoms with Crippen LogP contribution in [-0.4, -0.2) is 63.2 Å². The Bertz CT molecular complexity index is 1470. The van der Waals surface area contributed by atoms with Gasteiger partial charge in [0, 0.05) is 31.1 Å². The maximum Gasteiger partial charge on any atom is 0.225 e. The van der Waals surface area contributed by atoms with Crippen LogP contribution in [0.4, 0.5) is 5.82 Å². The Morgan fingerprint density at radius 3 is 2.60 bits per heavy atom. The summed E-state index contributed by atoms with van der Waals surface area (Å²) in [5.41, 5.74) is 3.21. The highest BCUT2D eigenvalue weighted by Gasteiger charge is 2.32. The Kier molecular flexibility index (Phi) is 11.9. The molecule has 0 saturated heterocycles. The molecule has 0 bridgehead atoms. The number of hydrogen-bond donors (Lipinski definition) is 3. The molecule has 2 aromatic carbocycles. The number of hydrogen-bond acceptors (Lipinski definition) is 9. The molecule has 45 heavy (non-hydrogen) atoms. The lowest BCUT2D eigenvalue weighted by atomic mass is 9.83. The highest BCUT2D eigenvalue weighted by atomic mass is 32.2. The molecule has 0 amide bonds. The van der Waals surface area contributed by atoms with Crippen LogP contribution in [0.15, 0.2) is 56.9 Å². The number of aldehydes is 1. The summed E-state index contributed by atoms with van der Waals surface area (Å²) < 4.78 is 27.1. The molecule has 3 N–H and O–H groups in total. The molecule has 0 radical (unpaired) electrons. The van der Waals surface area contributed by atoms with Crippen molar-refractivity contribution in [2.75, 3.05) is 11.8 Å². The van der Waals surface area contributed by atoms with E-state index in [0.29, 0.717) is 34.1 Å². The van der Waals surface area contributed by atoms with E-state index < -0.39 is 22.8 Å². The molecule has 3 aromatic rings. The third kappa shape index (κ3) is 9.20. The number of aliphatic hydroxyl groups is 2. The monoisotopic (exact) mass is 636 g/mol. The summed E-state index contributed by atoms with van der Waals surface area (Å²) in [5.74, 6) is -0.374. The number of ether oxygens (including phenoxy) is 1. The summed E-state index contributed by atoms with van der Waals surface area (Å²) in [7, 11) is 3.15. The molecule has 1 unspecified atom stereocenters. The lowest BCUT2D eigenvalue weighted by Crippen LogP contribution is -2.36. The Balaban J connectivity index is 1.67. The van der Waals surface area contributed by atoms with Crippen molar-refractivity contribution in [3.05, 3.63) is 64.9 Å². The molecule has 1 aromatic heterocycles. The highest BCUT2D eigenvalue weighted by Crippen LogP contribution is 2.34. The largest absolute Gasteiger partial charge is 0.588 e. The third-order valence-corrected chi connectivity index (χ3v) is 9.43. The number of carbonyl (C=O) groups is 1. The first-order valence-corrected chi connectivity index (χ1v) is 16.8. The smallest absolute Gasteiger partial charge is 0.225 e. The van der Waals surface area contributed by atoms with Gasteiger partial charge in [0.05, 0.1) is 6.61 Å². The number of aromatic nitrogens is 1. The number of carbonyl (C=O) groups excluding carboxylic acids is 1. The zero-order chi connectivity index (χ0) is 32.6. The molecule has 1 atom stereocenters. The van der Waals surface area contributed by atoms with Gasteiger partial charge < -0.3 is 33.7 Å². The van der Waals surface area contributed by atoms with Crippen molar-refractivity contribution in [1.29, 1.82) is 0 Å². The van der Waals surface area contributed by atoms with Crippen molar-refractivity contribution in [1.82, 2.24) is 10.1 Å². The van der Waals surface area contributed by atoms with E-state index in [0.717, 1.165) is 88.0 Å². The van der Waals surface area contributed by atoms with Gasteiger partial charge in [-0.05, 0) is 61.9 Å². The summed E-state index contributed by atoms with van der Waals surface area (Å²) >= 11 is -1.67. The summed E-state index contributed by atoms with van der Waals surface area (Å²) in [6.45, 7) is 6.21. The van der Waals surface area contributed by atoms with Gasteiger partial charge in [0.25, 0.3) is 0 Å². The SMILES string of the molecule is BC(O)(O)OCc1cc(CN(C)/C(CCCC)=N\C2(C=O)CCCCC2)ccc1-c1ccccc1[S+]([O-])Nc1noc(C)c1C. The fourth-order valence-corrected chi connectivity index (χ4v) is 6.61. The zero-order valence-corrected chi connectivity index (χ0v) is 27.8. The van der Waals surface area contributed by atoms with E-state index in [2.05, 4.69) is 21.7 Å². The maximum atomic E-state index is 13.5. The molecular weight excluding hydrogens is 591 g/mol. The van der Waals surface area contributed by atoms with E-state index >= 15 is 0 Å². The summed E-state index contributed by atoms with van der Waals surface area (Å²) in [4.78, 5) is 19.9. The van der Waals surface area contributed by atoms with Crippen molar-refractivity contribution in [3.63, 3.8) is 0 Å². The maximum absolute atomic E-state index is 13.5. The molecule has 1 fully saturated rings. The van der Waals surface area contributed by atoms with Crippen molar-refractivity contribution in [2.24, 2.45) is 4.99 Å². The molecule has 10 nitrogen and oxygen atoms in total. The number of nitrogens with zero attached hydrogens (tertiary/aromatic N) is 3. The molecule has 242 valence electrons. The summed E-state index contributed by atoms with van der Waals surface area (Å²) in [5, 5.41) is 23.9. The van der Waals surface area contributed by atoms with E-state index in [9.17, 15) is 19.6 Å². The summed E-state index contributed by atoms with van der Waals surface area (Å²) in [6, 6.07) is 13.2. The molecule has 1 saturated carbocycles. The van der Waals surface area contributed by atoms with Crippen molar-refractivity contribution in [2.45, 2.75) is 102 Å². The van der Waals surface area contributed by atoms with Crippen LogP contribution in [0.1, 0.15) is 80.7 Å². The van der Waals surface area contributed by atoms with Crippen molar-refractivity contribution < 1.29 is 28.8 Å². The van der Waals surface area contributed by atoms with E-state index in [-0.39, 0.29) is 6.61 Å². The Hall–Kier alpha value is -3.16. The Morgan fingerprint density at radius 2 is 1.96 bits per heavy atom. The minimum atomic E-state index is -2.33. The van der Waals surface area contributed by atoms with Gasteiger partial charge in [-0.1, -0.05) is 68.1 Å². The van der Waals surface area contributed by atoms with Gasteiger partial charge in [-0.15, -0.1) is 0 Å². The van der Waals surface area contributed by atoms with Gasteiger partial charge in [0.2, 0.25) is 19.5 Å². The predicted octanol–water partition coefficient (Wildman–Crippen LogP) is 4.76. The fraction of sp³-hybridized carbons (Fsp3) is 0.485. The minimum Gasteiger partial charge on any atom is -0.588 e. The number of aryl methyl sites for hydroxylation is 1. The second kappa shape index (κ2) is 15.4. The van der Waals surface area contributed by atoms with E-state index in [1.165, 1.54) is 0 Å². The van der Waals surface area contributed by atoms with Crippen LogP contribution in [-0.2, 0) is 34.0 Å². The zero-order valence-electron chi connectivity index (χ0n) is 27.0. The second-order valence-electron chi connectivity index (χ2n) is 12.1. The predicted molar refractivity (Wildman–Crippen MR) is 179 cm³/mol. The van der Waals surface area contributed by atoms with Gasteiger partial charge in [0.15, 0.2) is 4.90 Å². The number of aliphatic imine (C=N–C) groups is 1. The molecule has 0 aliphatic heterocycles. The Labute approximate surface area is 270 Å². The average molecular weight is 637 g/mol. The minimum absolute atomic E-state index is 0.0998.